The number of hydrogen-bond donors (Lipinski definition) is 0. The van der Waals surface area contributed by atoms with Gasteiger partial charge in [-0.25, -0.2) is 4.68 Å². The first kappa shape index (κ1) is 13.1. The molecule has 0 bridgehead atoms. The molecule has 0 saturated heterocycles. The minimum atomic E-state index is 0.359. The molecule has 0 radical (unpaired) electrons. The summed E-state index contributed by atoms with van der Waals surface area (Å²) >= 11 is 0. The van der Waals surface area contributed by atoms with Gasteiger partial charge in [-0.15, -0.1) is 5.10 Å². The molecule has 1 aromatic carbocycles. The molecule has 1 aromatic heterocycles. The summed E-state index contributed by atoms with van der Waals surface area (Å²) in [6, 6.07) is 5.42. The van der Waals surface area contributed by atoms with E-state index in [0.717, 1.165) is 11.4 Å². The fourth-order valence-corrected chi connectivity index (χ4v) is 1.90. The molecule has 0 spiro atoms. The number of ether oxygens (including phenoxy) is 2. The predicted octanol–water partition coefficient (Wildman–Crippen LogP) is 1.66. The molecule has 0 fully saturated rings. The van der Waals surface area contributed by atoms with E-state index in [2.05, 4.69) is 10.3 Å². The topological polar surface area (TPSA) is 66.2 Å². The van der Waals surface area contributed by atoms with Crippen molar-refractivity contribution in [2.75, 3.05) is 14.2 Å². The van der Waals surface area contributed by atoms with Crippen LogP contribution in [0.4, 0.5) is 0 Å². The second-order valence-corrected chi connectivity index (χ2v) is 3.84. The van der Waals surface area contributed by atoms with Gasteiger partial charge >= 0.3 is 0 Å². The minimum absolute atomic E-state index is 0.359. The van der Waals surface area contributed by atoms with Crippen LogP contribution in [0.2, 0.25) is 0 Å². The Bertz CT molecular complexity index is 593. The van der Waals surface area contributed by atoms with Crippen molar-refractivity contribution in [3.63, 3.8) is 0 Å². The maximum Gasteiger partial charge on any atom is 0.172 e. The molecular weight excluding hydrogens is 246 g/mol. The number of methoxy groups -OCH3 is 2. The second kappa shape index (κ2) is 5.51. The Hall–Kier alpha value is -2.37. The number of benzene rings is 1. The quantitative estimate of drug-likeness (QED) is 0.766. The van der Waals surface area contributed by atoms with Gasteiger partial charge in [0.1, 0.15) is 5.69 Å². The molecule has 19 heavy (non-hydrogen) atoms. The highest BCUT2D eigenvalue weighted by atomic mass is 16.5. The molecule has 6 nitrogen and oxygen atoms in total. The van der Waals surface area contributed by atoms with Gasteiger partial charge in [0.15, 0.2) is 17.8 Å². The van der Waals surface area contributed by atoms with Crippen LogP contribution in [0.3, 0.4) is 0 Å². The first-order chi connectivity index (χ1) is 9.24. The van der Waals surface area contributed by atoms with Crippen molar-refractivity contribution < 1.29 is 14.3 Å². The smallest absolute Gasteiger partial charge is 0.172 e. The molecule has 0 saturated carbocycles. The maximum atomic E-state index is 10.9. The zero-order valence-corrected chi connectivity index (χ0v) is 11.1. The monoisotopic (exact) mass is 261 g/mol. The Kier molecular flexibility index (Phi) is 3.79. The summed E-state index contributed by atoms with van der Waals surface area (Å²) in [4.78, 5) is 10.9. The van der Waals surface area contributed by atoms with E-state index in [1.54, 1.807) is 31.0 Å². The first-order valence-corrected chi connectivity index (χ1v) is 5.87. The average molecular weight is 261 g/mol. The summed E-state index contributed by atoms with van der Waals surface area (Å²) in [5, 5.41) is 7.85. The molecule has 0 aliphatic carbocycles. The van der Waals surface area contributed by atoms with Crippen LogP contribution in [-0.4, -0.2) is 35.5 Å². The standard InChI is InChI=1S/C13H15N3O3/c1-4-11-10(8-17)14-15-16(11)9-5-6-12(18-2)13(7-9)19-3/h5-8H,4H2,1-3H3. The fourth-order valence-electron chi connectivity index (χ4n) is 1.90. The van der Waals surface area contributed by atoms with Gasteiger partial charge in [-0.1, -0.05) is 12.1 Å². The van der Waals surface area contributed by atoms with Crippen molar-refractivity contribution in [1.29, 1.82) is 0 Å². The minimum Gasteiger partial charge on any atom is -0.493 e. The lowest BCUT2D eigenvalue weighted by Crippen LogP contribution is -2.03. The number of aldehydes is 1. The van der Waals surface area contributed by atoms with E-state index in [1.807, 2.05) is 13.0 Å². The van der Waals surface area contributed by atoms with E-state index in [9.17, 15) is 4.79 Å². The molecule has 6 heteroatoms. The molecule has 2 aromatic rings. The van der Waals surface area contributed by atoms with Crippen molar-refractivity contribution in [1.82, 2.24) is 15.0 Å². The van der Waals surface area contributed by atoms with Crippen molar-refractivity contribution in [2.24, 2.45) is 0 Å². The van der Waals surface area contributed by atoms with Crippen LogP contribution in [0.15, 0.2) is 18.2 Å². The van der Waals surface area contributed by atoms with Gasteiger partial charge in [-0.05, 0) is 18.6 Å². The van der Waals surface area contributed by atoms with Crippen LogP contribution in [-0.2, 0) is 6.42 Å². The third-order valence-electron chi connectivity index (χ3n) is 2.85. The predicted molar refractivity (Wildman–Crippen MR) is 69.2 cm³/mol. The third kappa shape index (κ3) is 2.29. The molecule has 0 N–H and O–H groups in total. The Balaban J connectivity index is 2.53. The van der Waals surface area contributed by atoms with Gasteiger partial charge < -0.3 is 9.47 Å². The Morgan fingerprint density at radius 2 is 2.00 bits per heavy atom. The number of rotatable bonds is 5. The number of carbonyl (C=O) groups excluding carboxylic acids is 1. The lowest BCUT2D eigenvalue weighted by atomic mass is 10.2. The summed E-state index contributed by atoms with van der Waals surface area (Å²) in [6.07, 6.45) is 1.37. The number of aromatic nitrogens is 3. The largest absolute Gasteiger partial charge is 0.493 e. The maximum absolute atomic E-state index is 10.9. The summed E-state index contributed by atoms with van der Waals surface area (Å²) in [7, 11) is 3.15. The van der Waals surface area contributed by atoms with Crippen molar-refractivity contribution in [2.45, 2.75) is 13.3 Å². The fraction of sp³-hybridized carbons (Fsp3) is 0.308. The van der Waals surface area contributed by atoms with Crippen LogP contribution in [0.5, 0.6) is 11.5 Å². The molecule has 0 unspecified atom stereocenters. The Morgan fingerprint density at radius 3 is 2.58 bits per heavy atom. The SMILES string of the molecule is CCc1c(C=O)nnn1-c1ccc(OC)c(OC)c1. The van der Waals surface area contributed by atoms with Gasteiger partial charge in [-0.2, -0.15) is 0 Å². The van der Waals surface area contributed by atoms with Crippen molar-refractivity contribution in [3.05, 3.63) is 29.6 Å². The molecular formula is C13H15N3O3. The van der Waals surface area contributed by atoms with E-state index in [-0.39, 0.29) is 0 Å². The van der Waals surface area contributed by atoms with E-state index < -0.39 is 0 Å². The molecule has 0 amide bonds. The van der Waals surface area contributed by atoms with E-state index in [1.165, 1.54) is 0 Å². The summed E-state index contributed by atoms with van der Waals surface area (Å²) in [5.74, 6) is 1.24. The van der Waals surface area contributed by atoms with E-state index in [0.29, 0.717) is 29.9 Å². The second-order valence-electron chi connectivity index (χ2n) is 3.84. The lowest BCUT2D eigenvalue weighted by molar-refractivity contribution is 0.111. The molecule has 2 rings (SSSR count). The van der Waals surface area contributed by atoms with Crippen molar-refractivity contribution >= 4 is 6.29 Å². The van der Waals surface area contributed by atoms with Crippen LogP contribution in [0.1, 0.15) is 23.1 Å². The molecule has 100 valence electrons. The molecule has 1 heterocycles. The average Bonchev–Trinajstić information content (AvgIpc) is 2.89. The number of carbonyl (C=O) groups is 1. The highest BCUT2D eigenvalue weighted by Gasteiger charge is 2.13. The van der Waals surface area contributed by atoms with Gasteiger partial charge in [0, 0.05) is 6.07 Å². The zero-order valence-electron chi connectivity index (χ0n) is 11.1. The first-order valence-electron chi connectivity index (χ1n) is 5.87. The van der Waals surface area contributed by atoms with Gasteiger partial charge in [0.2, 0.25) is 0 Å². The Labute approximate surface area is 110 Å². The normalized spacial score (nSPS) is 10.3. The van der Waals surface area contributed by atoms with Gasteiger partial charge in [0.05, 0.1) is 25.6 Å². The van der Waals surface area contributed by atoms with E-state index in [4.69, 9.17) is 9.47 Å². The van der Waals surface area contributed by atoms with Crippen LogP contribution >= 0.6 is 0 Å². The number of hydrogen-bond acceptors (Lipinski definition) is 5. The highest BCUT2D eigenvalue weighted by molar-refractivity contribution is 5.73. The molecule has 0 aliphatic heterocycles. The lowest BCUT2D eigenvalue weighted by Gasteiger charge is -2.10. The van der Waals surface area contributed by atoms with Crippen LogP contribution < -0.4 is 9.47 Å². The third-order valence-corrected chi connectivity index (χ3v) is 2.85. The highest BCUT2D eigenvalue weighted by Crippen LogP contribution is 2.29. The van der Waals surface area contributed by atoms with Gasteiger partial charge in [-0.3, -0.25) is 4.79 Å². The summed E-state index contributed by atoms with van der Waals surface area (Å²) in [5.41, 5.74) is 1.90. The zero-order chi connectivity index (χ0) is 13.8. The van der Waals surface area contributed by atoms with Crippen LogP contribution in [0, 0.1) is 0 Å². The molecule has 0 aliphatic rings. The van der Waals surface area contributed by atoms with Crippen molar-refractivity contribution in [3.8, 4) is 17.2 Å². The van der Waals surface area contributed by atoms with E-state index >= 15 is 0 Å². The van der Waals surface area contributed by atoms with Crippen LogP contribution in [0.25, 0.3) is 5.69 Å². The summed E-state index contributed by atoms with van der Waals surface area (Å²) < 4.78 is 12.1. The molecule has 0 atom stereocenters. The Morgan fingerprint density at radius 1 is 1.26 bits per heavy atom. The number of nitrogens with zero attached hydrogens (tertiary/aromatic N) is 3. The van der Waals surface area contributed by atoms with Gasteiger partial charge in [0.25, 0.3) is 0 Å². The summed E-state index contributed by atoms with van der Waals surface area (Å²) in [6.45, 7) is 1.95.